The summed E-state index contributed by atoms with van der Waals surface area (Å²) in [6.07, 6.45) is 0.685. The van der Waals surface area contributed by atoms with Crippen LogP contribution in [-0.4, -0.2) is 42.8 Å². The quantitative estimate of drug-likeness (QED) is 0.741. The Morgan fingerprint density at radius 2 is 2.05 bits per heavy atom. The lowest BCUT2D eigenvalue weighted by atomic mass is 9.99. The lowest BCUT2D eigenvalue weighted by molar-refractivity contribution is 0.141. The molecule has 0 saturated carbocycles. The van der Waals surface area contributed by atoms with Crippen LogP contribution in [0.15, 0.2) is 18.2 Å². The fraction of sp³-hybridized carbons (Fsp3) is 0.538. The third-order valence-electron chi connectivity index (χ3n) is 3.40. The predicted molar refractivity (Wildman–Crippen MR) is 82.0 cm³/mol. The molecule has 0 spiro atoms. The van der Waals surface area contributed by atoms with Gasteiger partial charge in [-0.2, -0.15) is 0 Å². The molecule has 0 amide bonds. The zero-order chi connectivity index (χ0) is 13.0. The van der Waals surface area contributed by atoms with E-state index in [0.717, 1.165) is 37.4 Å². The molecule has 0 radical (unpaired) electrons. The van der Waals surface area contributed by atoms with Crippen LogP contribution in [0.2, 0.25) is 5.02 Å². The van der Waals surface area contributed by atoms with Crippen molar-refractivity contribution in [2.45, 2.75) is 12.5 Å². The normalized spacial score (nSPS) is 17.8. The average molecular weight is 306 g/mol. The fourth-order valence-corrected chi connectivity index (χ4v) is 2.67. The van der Waals surface area contributed by atoms with Gasteiger partial charge in [-0.25, -0.2) is 0 Å². The third-order valence-corrected chi connectivity index (χ3v) is 3.64. The first-order chi connectivity index (χ1) is 8.72. The summed E-state index contributed by atoms with van der Waals surface area (Å²) in [5.74, 6) is 0. The average Bonchev–Trinajstić information content (AvgIpc) is 2.40. The first-order valence-corrected chi connectivity index (χ1v) is 6.70. The van der Waals surface area contributed by atoms with E-state index in [1.165, 1.54) is 0 Å². The smallest absolute Gasteiger partial charge is 0.0449 e. The van der Waals surface area contributed by atoms with Gasteiger partial charge in [0.25, 0.3) is 0 Å². The highest BCUT2D eigenvalue weighted by molar-refractivity contribution is 6.30. The Hall–Kier alpha value is -0.520. The molecule has 1 aliphatic heterocycles. The number of nitrogen functional groups attached to an aromatic ring is 1. The van der Waals surface area contributed by atoms with Crippen molar-refractivity contribution in [1.82, 2.24) is 10.2 Å². The molecule has 1 fully saturated rings. The van der Waals surface area contributed by atoms with E-state index in [-0.39, 0.29) is 25.1 Å². The SMILES string of the molecule is Cl.Nc1ccc(Cl)cc1[C@@H](CCO)N1CCNCC1. The van der Waals surface area contributed by atoms with Crippen LogP contribution in [0, 0.1) is 0 Å². The van der Waals surface area contributed by atoms with E-state index in [4.69, 9.17) is 17.3 Å². The highest BCUT2D eigenvalue weighted by atomic mass is 35.5. The van der Waals surface area contributed by atoms with Gasteiger partial charge in [-0.1, -0.05) is 11.6 Å². The molecule has 1 aliphatic rings. The zero-order valence-electron chi connectivity index (χ0n) is 10.8. The molecule has 1 heterocycles. The standard InChI is InChI=1S/C13H20ClN3O.ClH/c14-10-1-2-12(15)11(9-10)13(3-8-18)17-6-4-16-5-7-17;/h1-2,9,13,16,18H,3-8,15H2;1H/t13-;/m1./s1. The highest BCUT2D eigenvalue weighted by Crippen LogP contribution is 2.31. The molecule has 108 valence electrons. The van der Waals surface area contributed by atoms with E-state index in [0.29, 0.717) is 11.4 Å². The molecule has 1 aromatic carbocycles. The summed E-state index contributed by atoms with van der Waals surface area (Å²) in [6.45, 7) is 4.04. The van der Waals surface area contributed by atoms with Crippen molar-refractivity contribution < 1.29 is 5.11 Å². The fourth-order valence-electron chi connectivity index (χ4n) is 2.49. The van der Waals surface area contributed by atoms with E-state index in [2.05, 4.69) is 10.2 Å². The molecule has 1 aromatic rings. The molecule has 2 rings (SSSR count). The van der Waals surface area contributed by atoms with Gasteiger partial charge in [0, 0.05) is 49.5 Å². The van der Waals surface area contributed by atoms with Gasteiger partial charge in [-0.05, 0) is 30.2 Å². The van der Waals surface area contributed by atoms with E-state index in [9.17, 15) is 5.11 Å². The van der Waals surface area contributed by atoms with Crippen LogP contribution < -0.4 is 11.1 Å². The summed E-state index contributed by atoms with van der Waals surface area (Å²) < 4.78 is 0. The maximum absolute atomic E-state index is 9.27. The molecular weight excluding hydrogens is 285 g/mol. The molecule has 0 unspecified atom stereocenters. The van der Waals surface area contributed by atoms with E-state index >= 15 is 0 Å². The summed E-state index contributed by atoms with van der Waals surface area (Å²) in [4.78, 5) is 2.36. The van der Waals surface area contributed by atoms with Crippen molar-refractivity contribution in [1.29, 1.82) is 0 Å². The molecule has 0 bridgehead atoms. The minimum atomic E-state index is 0. The molecule has 4 nitrogen and oxygen atoms in total. The number of aliphatic hydroxyl groups excluding tert-OH is 1. The predicted octanol–water partition coefficient (Wildman–Crippen LogP) is 1.67. The van der Waals surface area contributed by atoms with Crippen LogP contribution in [0.1, 0.15) is 18.0 Å². The molecule has 0 aromatic heterocycles. The number of benzene rings is 1. The minimum Gasteiger partial charge on any atom is -0.398 e. The van der Waals surface area contributed by atoms with E-state index in [1.807, 2.05) is 12.1 Å². The van der Waals surface area contributed by atoms with E-state index in [1.54, 1.807) is 6.07 Å². The molecule has 19 heavy (non-hydrogen) atoms. The van der Waals surface area contributed by atoms with Gasteiger partial charge in [0.05, 0.1) is 0 Å². The summed E-state index contributed by atoms with van der Waals surface area (Å²) in [5.41, 5.74) is 7.82. The van der Waals surface area contributed by atoms with Gasteiger partial charge >= 0.3 is 0 Å². The maximum atomic E-state index is 9.27. The summed E-state index contributed by atoms with van der Waals surface area (Å²) >= 11 is 6.05. The third kappa shape index (κ3) is 4.23. The van der Waals surface area contributed by atoms with Gasteiger partial charge < -0.3 is 16.2 Å². The number of hydrogen-bond donors (Lipinski definition) is 3. The molecular formula is C13H21Cl2N3O. The number of hydrogen-bond acceptors (Lipinski definition) is 4. The number of aliphatic hydroxyl groups is 1. The van der Waals surface area contributed by atoms with Crippen LogP contribution in [-0.2, 0) is 0 Å². The van der Waals surface area contributed by atoms with E-state index < -0.39 is 0 Å². The number of nitrogens with two attached hydrogens (primary N) is 1. The Morgan fingerprint density at radius 1 is 1.37 bits per heavy atom. The van der Waals surface area contributed by atoms with Gasteiger partial charge in [0.2, 0.25) is 0 Å². The number of nitrogens with zero attached hydrogens (tertiary/aromatic N) is 1. The van der Waals surface area contributed by atoms with Crippen LogP contribution >= 0.6 is 24.0 Å². The number of anilines is 1. The number of halogens is 2. The van der Waals surface area contributed by atoms with Gasteiger partial charge in [0.15, 0.2) is 0 Å². The number of rotatable bonds is 4. The van der Waals surface area contributed by atoms with Gasteiger partial charge in [-0.3, -0.25) is 4.90 Å². The Kier molecular flexibility index (Phi) is 6.89. The van der Waals surface area contributed by atoms with Crippen molar-refractivity contribution in [3.63, 3.8) is 0 Å². The van der Waals surface area contributed by atoms with Crippen LogP contribution in [0.25, 0.3) is 0 Å². The van der Waals surface area contributed by atoms with Gasteiger partial charge in [0.1, 0.15) is 0 Å². The van der Waals surface area contributed by atoms with Crippen molar-refractivity contribution >= 4 is 29.7 Å². The summed E-state index contributed by atoms with van der Waals surface area (Å²) in [7, 11) is 0. The lowest BCUT2D eigenvalue weighted by Crippen LogP contribution is -2.45. The first kappa shape index (κ1) is 16.5. The van der Waals surface area contributed by atoms with Crippen molar-refractivity contribution in [3.8, 4) is 0 Å². The molecule has 1 atom stereocenters. The molecule has 1 saturated heterocycles. The first-order valence-electron chi connectivity index (χ1n) is 6.33. The second-order valence-electron chi connectivity index (χ2n) is 4.59. The van der Waals surface area contributed by atoms with Crippen molar-refractivity contribution in [2.24, 2.45) is 0 Å². The van der Waals surface area contributed by atoms with Crippen LogP contribution in [0.5, 0.6) is 0 Å². The Bertz CT molecular complexity index is 397. The van der Waals surface area contributed by atoms with Crippen molar-refractivity contribution in [2.75, 3.05) is 38.5 Å². The topological polar surface area (TPSA) is 61.5 Å². The molecule has 4 N–H and O–H groups in total. The minimum absolute atomic E-state index is 0. The maximum Gasteiger partial charge on any atom is 0.0449 e. The van der Waals surface area contributed by atoms with Gasteiger partial charge in [-0.15, -0.1) is 12.4 Å². The zero-order valence-corrected chi connectivity index (χ0v) is 12.4. The summed E-state index contributed by atoms with van der Waals surface area (Å²) in [6, 6.07) is 5.70. The highest BCUT2D eigenvalue weighted by Gasteiger charge is 2.23. The Labute approximate surface area is 125 Å². The Balaban J connectivity index is 0.00000180. The largest absolute Gasteiger partial charge is 0.398 e. The molecule has 0 aliphatic carbocycles. The monoisotopic (exact) mass is 305 g/mol. The lowest BCUT2D eigenvalue weighted by Gasteiger charge is -2.35. The second-order valence-corrected chi connectivity index (χ2v) is 5.02. The van der Waals surface area contributed by atoms with Crippen LogP contribution in [0.4, 0.5) is 5.69 Å². The second kappa shape index (κ2) is 7.92. The summed E-state index contributed by atoms with van der Waals surface area (Å²) in [5, 5.41) is 13.3. The number of piperazine rings is 1. The number of nitrogens with one attached hydrogen (secondary N) is 1. The Morgan fingerprint density at radius 3 is 2.68 bits per heavy atom. The van der Waals surface area contributed by atoms with Crippen LogP contribution in [0.3, 0.4) is 0 Å². The molecule has 6 heteroatoms. The van der Waals surface area contributed by atoms with Crippen molar-refractivity contribution in [3.05, 3.63) is 28.8 Å².